The number of nitrogens with zero attached hydrogens (tertiary/aromatic N) is 1. The number of alkyl halides is 9. The molecule has 4 aromatic carbocycles. The molecule has 0 aromatic heterocycles. The molecule has 0 N–H and O–H groups in total. The third-order valence-electron chi connectivity index (χ3n) is 17.3. The van der Waals surface area contributed by atoms with Crippen LogP contribution in [0, 0.1) is 23.2 Å². The number of hydrogen-bond acceptors (Lipinski definition) is 9. The molecule has 0 amide bonds. The van der Waals surface area contributed by atoms with Gasteiger partial charge < -0.3 is 33.3 Å². The SMILES string of the molecule is COc1ccc(C(OCC(C)CCCCCCSSC(C)(C)CCN(C)CCOc2ccc3c(c2)CC[C@@H]2[C@@H]3CC[C@]3(C)[C@@H](OCCCOC(C(F)(F)F)(C(F)(F)F)C(F)(F)F)CC[C@@H]23)(c2ccccc2)c2ccc(OC)cc2)cc1. The Kier molecular flexibility index (Phi) is 22.3. The molecular weight excluding hydrogens is 1100 g/mol. The molecule has 1 unspecified atom stereocenters. The van der Waals surface area contributed by atoms with Gasteiger partial charge in [-0.15, -0.1) is 0 Å². The van der Waals surface area contributed by atoms with E-state index in [2.05, 4.69) is 111 Å². The second kappa shape index (κ2) is 27.9. The van der Waals surface area contributed by atoms with Crippen molar-refractivity contribution in [2.75, 3.05) is 66.5 Å². The molecule has 450 valence electrons. The summed E-state index contributed by atoms with van der Waals surface area (Å²) in [6.45, 7) is 10.2. The molecule has 2 fully saturated rings. The number of aryl methyl sites for hydroxylation is 1. The Balaban J connectivity index is 0.771. The van der Waals surface area contributed by atoms with E-state index in [1.165, 1.54) is 30.4 Å². The minimum atomic E-state index is -6.75. The average molecular weight is 1180 g/mol. The summed E-state index contributed by atoms with van der Waals surface area (Å²) in [4.78, 5) is 2.33. The highest BCUT2D eigenvalue weighted by atomic mass is 33.1. The smallest absolute Gasteiger partial charge is 0.435 e. The zero-order valence-corrected chi connectivity index (χ0v) is 49.5. The van der Waals surface area contributed by atoms with E-state index in [1.54, 1.807) is 14.2 Å². The maximum atomic E-state index is 13.3. The number of unbranched alkanes of at least 4 members (excludes halogenated alkanes) is 3. The van der Waals surface area contributed by atoms with E-state index in [1.807, 2.05) is 51.9 Å². The summed E-state index contributed by atoms with van der Waals surface area (Å²) in [6, 6.07) is 33.2. The lowest BCUT2D eigenvalue weighted by atomic mass is 9.55. The van der Waals surface area contributed by atoms with Crippen LogP contribution in [0.1, 0.15) is 138 Å². The Morgan fingerprint density at radius 2 is 1.26 bits per heavy atom. The fourth-order valence-electron chi connectivity index (χ4n) is 12.7. The van der Waals surface area contributed by atoms with Crippen molar-refractivity contribution in [1.82, 2.24) is 4.90 Å². The Bertz CT molecular complexity index is 2470. The maximum Gasteiger partial charge on any atom is 0.435 e. The number of rotatable bonds is 30. The minimum absolute atomic E-state index is 0.123. The van der Waals surface area contributed by atoms with Crippen LogP contribution in [0.4, 0.5) is 39.5 Å². The first kappa shape index (κ1) is 64.7. The highest BCUT2D eigenvalue weighted by Crippen LogP contribution is 2.62. The van der Waals surface area contributed by atoms with E-state index in [0.29, 0.717) is 43.3 Å². The van der Waals surface area contributed by atoms with E-state index in [4.69, 9.17) is 23.7 Å². The molecule has 3 aliphatic carbocycles. The first-order chi connectivity index (χ1) is 38.4. The zero-order valence-electron chi connectivity index (χ0n) is 47.9. The molecule has 18 heteroatoms. The van der Waals surface area contributed by atoms with Gasteiger partial charge in [0.25, 0.3) is 0 Å². The predicted molar refractivity (Wildman–Crippen MR) is 305 cm³/mol. The quantitative estimate of drug-likeness (QED) is 0.0220. The van der Waals surface area contributed by atoms with Gasteiger partial charge in [0.05, 0.1) is 33.5 Å². The van der Waals surface area contributed by atoms with Crippen molar-refractivity contribution in [3.63, 3.8) is 0 Å². The number of benzene rings is 4. The maximum absolute atomic E-state index is 13.3. The third kappa shape index (κ3) is 15.4. The van der Waals surface area contributed by atoms with Crippen LogP contribution in [0.3, 0.4) is 0 Å². The number of halogens is 9. The summed E-state index contributed by atoms with van der Waals surface area (Å²) in [6.07, 6.45) is -9.15. The van der Waals surface area contributed by atoms with E-state index in [-0.39, 0.29) is 22.9 Å². The molecule has 7 nitrogen and oxygen atoms in total. The molecule has 0 bridgehead atoms. The lowest BCUT2D eigenvalue weighted by Gasteiger charge is -2.50. The van der Waals surface area contributed by atoms with Crippen LogP contribution in [0.2, 0.25) is 0 Å². The van der Waals surface area contributed by atoms with Crippen molar-refractivity contribution in [3.8, 4) is 17.2 Å². The average Bonchev–Trinajstić information content (AvgIpc) is 2.98. The summed E-state index contributed by atoms with van der Waals surface area (Å²) in [5.74, 6) is 4.95. The standard InChI is InChI=1S/C63H82F9NO6S2/c1-44(43-79-59(46-17-12-10-13-18-46,47-20-24-49(74-6)25-21-47)48-22-26-50(75-7)27-23-48)16-11-8-9-14-41-80-81-57(2,3)35-36-73(5)37-40-76-51-28-30-52-45(42-51)19-29-54-53(52)33-34-58(4)55(54)31-32-56(58)77-38-15-39-78-60(61(64,65)66,62(67,68)69)63(70,71)72/h10,12-13,17-18,20-28,30,42,44,53-56H,8-9,11,14-16,19,29,31-41,43H2,1-7H3/t44?,53-,54-,55+,56+,58+/m1/s1. The van der Waals surface area contributed by atoms with Crippen molar-refractivity contribution >= 4 is 21.6 Å². The predicted octanol–water partition coefficient (Wildman–Crippen LogP) is 17.2. The lowest BCUT2D eigenvalue weighted by Crippen LogP contribution is -2.67. The molecule has 0 saturated heterocycles. The fraction of sp³-hybridized carbons (Fsp3) is 0.619. The van der Waals surface area contributed by atoms with Gasteiger partial charge in [0.2, 0.25) is 0 Å². The molecule has 81 heavy (non-hydrogen) atoms. The number of hydrogen-bond donors (Lipinski definition) is 0. The minimum Gasteiger partial charge on any atom is -0.497 e. The molecule has 6 atom stereocenters. The van der Waals surface area contributed by atoms with Gasteiger partial charge in [0.1, 0.15) is 29.5 Å². The first-order valence-corrected chi connectivity index (χ1v) is 30.9. The number of likely N-dealkylation sites (N-methyl/N-ethyl adjacent to an activating group) is 1. The first-order valence-electron chi connectivity index (χ1n) is 28.6. The van der Waals surface area contributed by atoms with Crippen molar-refractivity contribution in [2.45, 2.75) is 158 Å². The van der Waals surface area contributed by atoms with Crippen molar-refractivity contribution in [3.05, 3.63) is 125 Å². The van der Waals surface area contributed by atoms with Gasteiger partial charge in [0.15, 0.2) is 0 Å². The number of ether oxygens (including phenoxy) is 6. The van der Waals surface area contributed by atoms with Crippen LogP contribution < -0.4 is 14.2 Å². The van der Waals surface area contributed by atoms with Gasteiger partial charge >= 0.3 is 24.1 Å². The Morgan fingerprint density at radius 3 is 1.88 bits per heavy atom. The zero-order chi connectivity index (χ0) is 58.7. The Labute approximate surface area is 481 Å². The summed E-state index contributed by atoms with van der Waals surface area (Å²) >= 11 is 0. The molecule has 0 heterocycles. The van der Waals surface area contributed by atoms with E-state index in [0.717, 1.165) is 104 Å². The van der Waals surface area contributed by atoms with Crippen LogP contribution in [0.5, 0.6) is 17.2 Å². The van der Waals surface area contributed by atoms with E-state index < -0.39 is 42.8 Å². The largest absolute Gasteiger partial charge is 0.497 e. The van der Waals surface area contributed by atoms with E-state index in [9.17, 15) is 39.5 Å². The number of methoxy groups -OCH3 is 2. The summed E-state index contributed by atoms with van der Waals surface area (Å²) in [5.41, 5.74) is -1.60. The lowest BCUT2D eigenvalue weighted by molar-refractivity contribution is -0.457. The summed E-state index contributed by atoms with van der Waals surface area (Å²) in [7, 11) is 9.46. The van der Waals surface area contributed by atoms with Crippen LogP contribution >= 0.6 is 21.6 Å². The molecule has 0 radical (unpaired) electrons. The molecule has 3 aliphatic rings. The Hall–Kier alpha value is -3.81. The molecule has 7 rings (SSSR count). The third-order valence-corrected chi connectivity index (χ3v) is 20.7. The fourth-order valence-corrected chi connectivity index (χ4v) is 15.4. The van der Waals surface area contributed by atoms with Gasteiger partial charge in [-0.1, -0.05) is 115 Å². The van der Waals surface area contributed by atoms with Crippen LogP contribution in [-0.4, -0.2) is 106 Å². The highest BCUT2D eigenvalue weighted by Gasteiger charge is 2.85. The molecule has 2 saturated carbocycles. The highest BCUT2D eigenvalue weighted by molar-refractivity contribution is 8.77. The van der Waals surface area contributed by atoms with Gasteiger partial charge in [-0.2, -0.15) is 39.5 Å². The topological polar surface area (TPSA) is 58.6 Å². The van der Waals surface area contributed by atoms with Gasteiger partial charge in [-0.3, -0.25) is 0 Å². The van der Waals surface area contributed by atoms with Crippen LogP contribution in [-0.2, 0) is 26.2 Å². The van der Waals surface area contributed by atoms with Crippen molar-refractivity contribution in [1.29, 1.82) is 0 Å². The van der Waals surface area contributed by atoms with Crippen LogP contribution in [0.25, 0.3) is 0 Å². The monoisotopic (exact) mass is 1180 g/mol. The second-order valence-electron chi connectivity index (χ2n) is 23.3. The van der Waals surface area contributed by atoms with Gasteiger partial charge in [-0.05, 0) is 185 Å². The normalized spacial score (nSPS) is 21.1. The van der Waals surface area contributed by atoms with Crippen molar-refractivity contribution in [2.24, 2.45) is 23.2 Å². The van der Waals surface area contributed by atoms with Gasteiger partial charge in [-0.25, -0.2) is 0 Å². The van der Waals surface area contributed by atoms with Crippen LogP contribution in [0.15, 0.2) is 97.1 Å². The van der Waals surface area contributed by atoms with E-state index >= 15 is 0 Å². The summed E-state index contributed by atoms with van der Waals surface area (Å²) < 4.78 is 154. The summed E-state index contributed by atoms with van der Waals surface area (Å²) in [5, 5.41) is 0. The second-order valence-corrected chi connectivity index (χ2v) is 26.4. The number of fused-ring (bicyclic) bond motifs is 5. The molecule has 0 spiro atoms. The molecular formula is C63H82F9NO6S2. The Morgan fingerprint density at radius 1 is 0.654 bits per heavy atom. The van der Waals surface area contributed by atoms with Crippen molar-refractivity contribution < 1.29 is 67.9 Å². The molecule has 4 aromatic rings. The van der Waals surface area contributed by atoms with Gasteiger partial charge in [0, 0.05) is 23.7 Å². The molecule has 0 aliphatic heterocycles.